The second-order valence-corrected chi connectivity index (χ2v) is 8.31. The molecule has 1 aromatic rings. The predicted octanol–water partition coefficient (Wildman–Crippen LogP) is 2.36. The monoisotopic (exact) mass is 423 g/mol. The van der Waals surface area contributed by atoms with E-state index in [1.165, 1.54) is 12.1 Å². The summed E-state index contributed by atoms with van der Waals surface area (Å²) in [4.78, 5) is 21.8. The van der Waals surface area contributed by atoms with Crippen molar-refractivity contribution in [2.75, 3.05) is 13.1 Å². The molecule has 2 unspecified atom stereocenters. The van der Waals surface area contributed by atoms with E-state index in [0.717, 1.165) is 12.1 Å². The van der Waals surface area contributed by atoms with E-state index in [9.17, 15) is 36.5 Å². The van der Waals surface area contributed by atoms with Crippen molar-refractivity contribution in [1.29, 1.82) is 0 Å². The standard InChI is InChI=1S/C16H20F3N3O5S/c17-16(18,19)12-4-1-3-11(9-12)15(23)20-7-8-21-28(26,27)14-6-2-5-13(10-14)22(24)25/h2,5-6,10-12,21H,1,3-4,7-9H2,(H,20,23). The molecule has 2 N–H and O–H groups in total. The summed E-state index contributed by atoms with van der Waals surface area (Å²) in [6.45, 7) is -0.313. The minimum Gasteiger partial charge on any atom is -0.355 e. The number of rotatable bonds is 7. The summed E-state index contributed by atoms with van der Waals surface area (Å²) in [5.74, 6) is -2.79. The smallest absolute Gasteiger partial charge is 0.355 e. The average molecular weight is 423 g/mol. The van der Waals surface area contributed by atoms with Crippen molar-refractivity contribution in [1.82, 2.24) is 10.0 Å². The van der Waals surface area contributed by atoms with Crippen LogP contribution < -0.4 is 10.0 Å². The molecule has 0 bridgehead atoms. The van der Waals surface area contributed by atoms with Crippen LogP contribution in [0.4, 0.5) is 18.9 Å². The summed E-state index contributed by atoms with van der Waals surface area (Å²) in [5.41, 5.74) is -0.382. The highest BCUT2D eigenvalue weighted by molar-refractivity contribution is 7.89. The number of hydrogen-bond acceptors (Lipinski definition) is 5. The molecule has 2 atom stereocenters. The largest absolute Gasteiger partial charge is 0.391 e. The lowest BCUT2D eigenvalue weighted by molar-refractivity contribution is -0.385. The highest BCUT2D eigenvalue weighted by Crippen LogP contribution is 2.39. The summed E-state index contributed by atoms with van der Waals surface area (Å²) in [5, 5.41) is 13.2. The summed E-state index contributed by atoms with van der Waals surface area (Å²) in [6.07, 6.45) is -3.92. The molecule has 0 aliphatic heterocycles. The van der Waals surface area contributed by atoms with Gasteiger partial charge in [0, 0.05) is 31.1 Å². The molecule has 28 heavy (non-hydrogen) atoms. The topological polar surface area (TPSA) is 118 Å². The minimum atomic E-state index is -4.33. The third-order valence-corrected chi connectivity index (χ3v) is 6.02. The predicted molar refractivity (Wildman–Crippen MR) is 92.8 cm³/mol. The molecule has 0 spiro atoms. The van der Waals surface area contributed by atoms with Gasteiger partial charge in [0.2, 0.25) is 15.9 Å². The van der Waals surface area contributed by atoms with Gasteiger partial charge in [0.15, 0.2) is 0 Å². The molecule has 0 saturated heterocycles. The van der Waals surface area contributed by atoms with Gasteiger partial charge >= 0.3 is 6.18 Å². The third kappa shape index (κ3) is 5.89. The lowest BCUT2D eigenvalue weighted by Gasteiger charge is -2.29. The molecular weight excluding hydrogens is 403 g/mol. The SMILES string of the molecule is O=C(NCCNS(=O)(=O)c1cccc([N+](=O)[O-])c1)C1CCCC(C(F)(F)F)C1. The zero-order valence-electron chi connectivity index (χ0n) is 14.7. The molecule has 1 fully saturated rings. The van der Waals surface area contributed by atoms with Gasteiger partial charge in [-0.15, -0.1) is 0 Å². The highest BCUT2D eigenvalue weighted by atomic mass is 32.2. The van der Waals surface area contributed by atoms with E-state index in [2.05, 4.69) is 10.0 Å². The Labute approximate surface area is 159 Å². The van der Waals surface area contributed by atoms with Gasteiger partial charge in [-0.1, -0.05) is 12.5 Å². The van der Waals surface area contributed by atoms with Gasteiger partial charge in [-0.3, -0.25) is 14.9 Å². The Hall–Kier alpha value is -2.21. The molecule has 12 heteroatoms. The maximum Gasteiger partial charge on any atom is 0.391 e. The number of halogens is 3. The van der Waals surface area contributed by atoms with Gasteiger partial charge in [0.1, 0.15) is 0 Å². The van der Waals surface area contributed by atoms with Gasteiger partial charge in [0.05, 0.1) is 15.7 Å². The van der Waals surface area contributed by atoms with Gasteiger partial charge in [-0.05, 0) is 25.3 Å². The average Bonchev–Trinajstić information content (AvgIpc) is 2.64. The molecule has 1 aliphatic carbocycles. The van der Waals surface area contributed by atoms with E-state index in [4.69, 9.17) is 0 Å². The van der Waals surface area contributed by atoms with Crippen molar-refractivity contribution in [2.24, 2.45) is 11.8 Å². The summed E-state index contributed by atoms with van der Waals surface area (Å²) < 4.78 is 64.9. The first kappa shape index (κ1) is 22.1. The van der Waals surface area contributed by atoms with Gasteiger partial charge in [-0.25, -0.2) is 13.1 Å². The molecular formula is C16H20F3N3O5S. The lowest BCUT2D eigenvalue weighted by atomic mass is 9.80. The fraction of sp³-hybridized carbons (Fsp3) is 0.562. The van der Waals surface area contributed by atoms with E-state index < -0.39 is 38.9 Å². The lowest BCUT2D eigenvalue weighted by Crippen LogP contribution is -2.40. The van der Waals surface area contributed by atoms with Crippen molar-refractivity contribution >= 4 is 21.6 Å². The number of sulfonamides is 1. The Bertz CT molecular complexity index is 829. The molecule has 0 heterocycles. The van der Waals surface area contributed by atoms with Crippen molar-refractivity contribution in [3.63, 3.8) is 0 Å². The van der Waals surface area contributed by atoms with Crippen molar-refractivity contribution in [3.05, 3.63) is 34.4 Å². The molecule has 8 nitrogen and oxygen atoms in total. The van der Waals surface area contributed by atoms with Crippen LogP contribution in [0.25, 0.3) is 0 Å². The van der Waals surface area contributed by atoms with Crippen molar-refractivity contribution < 1.29 is 31.3 Å². The zero-order chi connectivity index (χ0) is 20.9. The summed E-state index contributed by atoms with van der Waals surface area (Å²) >= 11 is 0. The number of nitro benzene ring substituents is 1. The van der Waals surface area contributed by atoms with Crippen molar-refractivity contribution in [3.8, 4) is 0 Å². The van der Waals surface area contributed by atoms with E-state index in [1.54, 1.807) is 0 Å². The number of hydrogen-bond donors (Lipinski definition) is 2. The first-order chi connectivity index (χ1) is 13.0. The first-order valence-electron chi connectivity index (χ1n) is 8.59. The van der Waals surface area contributed by atoms with Crippen LogP contribution in [0.1, 0.15) is 25.7 Å². The molecule has 0 radical (unpaired) electrons. The van der Waals surface area contributed by atoms with Crippen LogP contribution in [0.5, 0.6) is 0 Å². The highest BCUT2D eigenvalue weighted by Gasteiger charge is 2.43. The van der Waals surface area contributed by atoms with Crippen LogP contribution in [-0.4, -0.2) is 38.5 Å². The van der Waals surface area contributed by atoms with Crippen LogP contribution in [0.3, 0.4) is 0 Å². The van der Waals surface area contributed by atoms with Gasteiger partial charge in [-0.2, -0.15) is 13.2 Å². The number of amides is 1. The number of nitrogens with zero attached hydrogens (tertiary/aromatic N) is 1. The first-order valence-corrected chi connectivity index (χ1v) is 10.1. The third-order valence-electron chi connectivity index (χ3n) is 4.56. The maximum atomic E-state index is 12.8. The van der Waals surface area contributed by atoms with E-state index >= 15 is 0 Å². The fourth-order valence-electron chi connectivity index (χ4n) is 3.09. The van der Waals surface area contributed by atoms with Crippen LogP contribution in [0.15, 0.2) is 29.2 Å². The summed E-state index contributed by atoms with van der Waals surface area (Å²) in [7, 11) is -4.02. The van der Waals surface area contributed by atoms with Gasteiger partial charge in [0.25, 0.3) is 5.69 Å². The van der Waals surface area contributed by atoms with Crippen LogP contribution in [-0.2, 0) is 14.8 Å². The van der Waals surface area contributed by atoms with Crippen LogP contribution >= 0.6 is 0 Å². The quantitative estimate of drug-likeness (QED) is 0.397. The van der Waals surface area contributed by atoms with E-state index in [-0.39, 0.29) is 36.5 Å². The molecule has 2 rings (SSSR count). The second-order valence-electron chi connectivity index (χ2n) is 6.55. The minimum absolute atomic E-state index is 0.0102. The number of nitro groups is 1. The van der Waals surface area contributed by atoms with E-state index in [0.29, 0.717) is 12.8 Å². The number of carbonyl (C=O) groups excluding carboxylic acids is 1. The number of nitrogens with one attached hydrogen (secondary N) is 2. The normalized spacial score (nSPS) is 20.5. The van der Waals surface area contributed by atoms with Crippen molar-refractivity contribution in [2.45, 2.75) is 36.8 Å². The second kappa shape index (κ2) is 8.86. The number of alkyl halides is 3. The van der Waals surface area contributed by atoms with Crippen LogP contribution in [0.2, 0.25) is 0 Å². The van der Waals surface area contributed by atoms with E-state index in [1.807, 2.05) is 0 Å². The van der Waals surface area contributed by atoms with Gasteiger partial charge < -0.3 is 5.32 Å². The molecule has 1 amide bonds. The maximum absolute atomic E-state index is 12.8. The fourth-order valence-corrected chi connectivity index (χ4v) is 4.16. The Morgan fingerprint density at radius 3 is 2.61 bits per heavy atom. The van der Waals surface area contributed by atoms with Crippen LogP contribution in [0, 0.1) is 22.0 Å². The Morgan fingerprint density at radius 1 is 1.25 bits per heavy atom. The Kier molecular flexibility index (Phi) is 6.99. The number of carbonyl (C=O) groups is 1. The number of benzene rings is 1. The Balaban J connectivity index is 1.84. The summed E-state index contributed by atoms with van der Waals surface area (Å²) in [6, 6.07) is 4.47. The molecule has 1 saturated carbocycles. The Morgan fingerprint density at radius 2 is 1.96 bits per heavy atom. The molecule has 0 aromatic heterocycles. The molecule has 1 aliphatic rings. The molecule has 156 valence electrons. The number of non-ortho nitro benzene ring substituents is 1. The zero-order valence-corrected chi connectivity index (χ0v) is 15.6. The molecule has 1 aromatic carbocycles.